The first-order valence-electron chi connectivity index (χ1n) is 3.79. The molecule has 0 spiro atoms. The van der Waals surface area contributed by atoms with E-state index in [4.69, 9.17) is 16.0 Å². The Kier molecular flexibility index (Phi) is 1.89. The van der Waals surface area contributed by atoms with Crippen molar-refractivity contribution in [1.29, 1.82) is 0 Å². The quantitative estimate of drug-likeness (QED) is 0.538. The molecular formula is C8H5ClN2O3. The number of nitro groups is 1. The van der Waals surface area contributed by atoms with Gasteiger partial charge in [0.25, 0.3) is 0 Å². The van der Waals surface area contributed by atoms with Crippen LogP contribution in [0.5, 0.6) is 0 Å². The van der Waals surface area contributed by atoms with Crippen molar-refractivity contribution in [3.05, 3.63) is 33.2 Å². The summed E-state index contributed by atoms with van der Waals surface area (Å²) in [5, 5.41) is 10.9. The van der Waals surface area contributed by atoms with Crippen LogP contribution in [-0.2, 0) is 0 Å². The van der Waals surface area contributed by atoms with Gasteiger partial charge in [-0.3, -0.25) is 10.1 Å². The minimum atomic E-state index is -0.543. The van der Waals surface area contributed by atoms with Gasteiger partial charge >= 0.3 is 5.69 Å². The van der Waals surface area contributed by atoms with Gasteiger partial charge in [0, 0.05) is 18.0 Å². The summed E-state index contributed by atoms with van der Waals surface area (Å²) in [6, 6.07) is 2.77. The van der Waals surface area contributed by atoms with Crippen LogP contribution in [0.2, 0.25) is 5.02 Å². The van der Waals surface area contributed by atoms with Gasteiger partial charge in [0.2, 0.25) is 5.58 Å². The van der Waals surface area contributed by atoms with Crippen LogP contribution in [0, 0.1) is 17.0 Å². The molecule has 0 fully saturated rings. The predicted molar refractivity (Wildman–Crippen MR) is 50.4 cm³/mol. The number of benzene rings is 1. The average molecular weight is 213 g/mol. The van der Waals surface area contributed by atoms with Crippen molar-refractivity contribution in [3.63, 3.8) is 0 Å². The number of oxazole rings is 1. The summed E-state index contributed by atoms with van der Waals surface area (Å²) < 4.78 is 5.10. The molecule has 0 saturated heterocycles. The Bertz CT molecular complexity index is 521. The van der Waals surface area contributed by atoms with E-state index in [9.17, 15) is 10.1 Å². The minimum absolute atomic E-state index is 0.159. The molecule has 0 saturated carbocycles. The highest BCUT2D eigenvalue weighted by atomic mass is 35.5. The third-order valence-corrected chi connectivity index (χ3v) is 1.96. The van der Waals surface area contributed by atoms with Crippen molar-refractivity contribution in [3.8, 4) is 0 Å². The molecule has 14 heavy (non-hydrogen) atoms. The number of aryl methyl sites for hydroxylation is 1. The molecule has 2 rings (SSSR count). The average Bonchev–Trinajstić information content (AvgIpc) is 2.42. The highest BCUT2D eigenvalue weighted by molar-refractivity contribution is 6.31. The lowest BCUT2D eigenvalue weighted by molar-refractivity contribution is -0.383. The zero-order chi connectivity index (χ0) is 10.3. The largest absolute Gasteiger partial charge is 0.434 e. The molecule has 0 bridgehead atoms. The van der Waals surface area contributed by atoms with Gasteiger partial charge in [0.1, 0.15) is 5.52 Å². The highest BCUT2D eigenvalue weighted by Gasteiger charge is 2.18. The topological polar surface area (TPSA) is 69.2 Å². The molecule has 0 aliphatic rings. The number of nitro benzene ring substituents is 1. The summed E-state index contributed by atoms with van der Waals surface area (Å²) >= 11 is 5.69. The number of aromatic nitrogens is 1. The number of rotatable bonds is 1. The zero-order valence-corrected chi connectivity index (χ0v) is 7.91. The van der Waals surface area contributed by atoms with E-state index in [1.54, 1.807) is 6.92 Å². The van der Waals surface area contributed by atoms with Crippen molar-refractivity contribution < 1.29 is 9.34 Å². The summed E-state index contributed by atoms with van der Waals surface area (Å²) in [4.78, 5) is 14.1. The predicted octanol–water partition coefficient (Wildman–Crippen LogP) is 2.70. The first kappa shape index (κ1) is 8.96. The molecule has 0 N–H and O–H groups in total. The van der Waals surface area contributed by atoms with Crippen molar-refractivity contribution in [2.24, 2.45) is 0 Å². The van der Waals surface area contributed by atoms with E-state index in [0.29, 0.717) is 11.4 Å². The fourth-order valence-corrected chi connectivity index (χ4v) is 1.44. The molecule has 0 aliphatic heterocycles. The normalized spacial score (nSPS) is 10.7. The Balaban J connectivity index is 2.85. The summed E-state index contributed by atoms with van der Waals surface area (Å²) in [6.45, 7) is 1.62. The van der Waals surface area contributed by atoms with Crippen molar-refractivity contribution in [2.75, 3.05) is 0 Å². The summed E-state index contributed by atoms with van der Waals surface area (Å²) in [6.07, 6.45) is 0. The summed E-state index contributed by atoms with van der Waals surface area (Å²) in [7, 11) is 0. The number of hydrogen-bond donors (Lipinski definition) is 0. The Hall–Kier alpha value is -1.62. The highest BCUT2D eigenvalue weighted by Crippen LogP contribution is 2.29. The van der Waals surface area contributed by atoms with Crippen molar-refractivity contribution in [2.45, 2.75) is 6.92 Å². The molecule has 5 nitrogen and oxygen atoms in total. The van der Waals surface area contributed by atoms with Gasteiger partial charge < -0.3 is 4.42 Å². The molecule has 0 unspecified atom stereocenters. The van der Waals surface area contributed by atoms with Crippen LogP contribution >= 0.6 is 11.6 Å². The van der Waals surface area contributed by atoms with E-state index >= 15 is 0 Å². The molecule has 72 valence electrons. The lowest BCUT2D eigenvalue weighted by Crippen LogP contribution is -1.88. The number of non-ortho nitro benzene ring substituents is 1. The fraction of sp³-hybridized carbons (Fsp3) is 0.125. The molecule has 2 aromatic rings. The van der Waals surface area contributed by atoms with Crippen molar-refractivity contribution >= 4 is 28.4 Å². The SMILES string of the molecule is Cc1nc2cc(Cl)cc([N+](=O)[O-])c2o1. The van der Waals surface area contributed by atoms with Crippen LogP contribution < -0.4 is 0 Å². The first-order valence-corrected chi connectivity index (χ1v) is 4.17. The molecule has 0 aliphatic carbocycles. The third-order valence-electron chi connectivity index (χ3n) is 1.74. The lowest BCUT2D eigenvalue weighted by Gasteiger charge is -1.92. The van der Waals surface area contributed by atoms with Crippen LogP contribution in [0.3, 0.4) is 0 Å². The molecule has 1 aromatic heterocycles. The molecule has 0 radical (unpaired) electrons. The Morgan fingerprint density at radius 2 is 2.29 bits per heavy atom. The smallest absolute Gasteiger partial charge is 0.315 e. The molecular weight excluding hydrogens is 208 g/mol. The molecule has 1 aromatic carbocycles. The lowest BCUT2D eigenvalue weighted by atomic mass is 10.3. The van der Waals surface area contributed by atoms with Gasteiger partial charge in [0.05, 0.1) is 4.92 Å². The van der Waals surface area contributed by atoms with E-state index in [-0.39, 0.29) is 16.3 Å². The monoisotopic (exact) mass is 212 g/mol. The number of fused-ring (bicyclic) bond motifs is 1. The van der Waals surface area contributed by atoms with E-state index < -0.39 is 4.92 Å². The standard InChI is InChI=1S/C8H5ClN2O3/c1-4-10-6-2-5(9)3-7(11(12)13)8(6)14-4/h2-3H,1H3. The maximum atomic E-state index is 10.6. The fourth-order valence-electron chi connectivity index (χ4n) is 1.23. The second-order valence-corrected chi connectivity index (χ2v) is 3.20. The molecule has 0 amide bonds. The van der Waals surface area contributed by atoms with Crippen LogP contribution in [0.1, 0.15) is 5.89 Å². The Morgan fingerprint density at radius 3 is 2.93 bits per heavy atom. The van der Waals surface area contributed by atoms with Gasteiger partial charge in [-0.15, -0.1) is 0 Å². The third kappa shape index (κ3) is 1.31. The van der Waals surface area contributed by atoms with Gasteiger partial charge in [-0.2, -0.15) is 0 Å². The Labute approximate surface area is 83.4 Å². The Morgan fingerprint density at radius 1 is 1.57 bits per heavy atom. The second kappa shape index (κ2) is 2.95. The van der Waals surface area contributed by atoms with Gasteiger partial charge in [-0.25, -0.2) is 4.98 Å². The van der Waals surface area contributed by atoms with E-state index in [1.807, 2.05) is 0 Å². The van der Waals surface area contributed by atoms with Gasteiger partial charge in [-0.05, 0) is 6.07 Å². The van der Waals surface area contributed by atoms with Crippen LogP contribution in [0.25, 0.3) is 11.1 Å². The molecule has 1 heterocycles. The second-order valence-electron chi connectivity index (χ2n) is 2.76. The van der Waals surface area contributed by atoms with E-state index in [2.05, 4.69) is 4.98 Å². The maximum Gasteiger partial charge on any atom is 0.315 e. The van der Waals surface area contributed by atoms with Crippen LogP contribution in [0.4, 0.5) is 5.69 Å². The number of nitrogens with zero attached hydrogens (tertiary/aromatic N) is 2. The molecule has 6 heteroatoms. The number of halogens is 1. The van der Waals surface area contributed by atoms with Gasteiger partial charge in [-0.1, -0.05) is 11.6 Å². The van der Waals surface area contributed by atoms with E-state index in [0.717, 1.165) is 0 Å². The minimum Gasteiger partial charge on any atom is -0.434 e. The summed E-state index contributed by atoms with van der Waals surface area (Å²) in [5.41, 5.74) is 0.409. The van der Waals surface area contributed by atoms with Crippen molar-refractivity contribution in [1.82, 2.24) is 4.98 Å². The van der Waals surface area contributed by atoms with Gasteiger partial charge in [0.15, 0.2) is 5.89 Å². The van der Waals surface area contributed by atoms with E-state index in [1.165, 1.54) is 12.1 Å². The molecule has 0 atom stereocenters. The van der Waals surface area contributed by atoms with Crippen LogP contribution in [-0.4, -0.2) is 9.91 Å². The zero-order valence-electron chi connectivity index (χ0n) is 7.15. The summed E-state index contributed by atoms with van der Waals surface area (Å²) in [5.74, 6) is 0.380. The van der Waals surface area contributed by atoms with Crippen LogP contribution in [0.15, 0.2) is 16.5 Å². The maximum absolute atomic E-state index is 10.6. The first-order chi connectivity index (χ1) is 6.58. The number of hydrogen-bond acceptors (Lipinski definition) is 4.